The highest BCUT2D eigenvalue weighted by Gasteiger charge is 2.39. The molecule has 4 rings (SSSR count). The van der Waals surface area contributed by atoms with E-state index in [2.05, 4.69) is 0 Å². The van der Waals surface area contributed by atoms with Gasteiger partial charge in [-0.2, -0.15) is 5.26 Å². The zero-order valence-corrected chi connectivity index (χ0v) is 17.5. The normalized spacial score (nSPS) is 22.6. The van der Waals surface area contributed by atoms with Gasteiger partial charge in [-0.15, -0.1) is 0 Å². The summed E-state index contributed by atoms with van der Waals surface area (Å²) in [5.74, 6) is -0.919. The van der Waals surface area contributed by atoms with Crippen LogP contribution in [-0.4, -0.2) is 20.1 Å². The number of para-hydroxylation sites is 1. The summed E-state index contributed by atoms with van der Waals surface area (Å²) in [6, 6.07) is 15.7. The van der Waals surface area contributed by atoms with Crippen LogP contribution in [0, 0.1) is 11.3 Å². The molecule has 0 saturated heterocycles. The fourth-order valence-corrected chi connectivity index (χ4v) is 6.42. The second kappa shape index (κ2) is 7.76. The first-order chi connectivity index (χ1) is 14.4. The lowest BCUT2D eigenvalue weighted by Crippen LogP contribution is -2.17. The quantitative estimate of drug-likeness (QED) is 0.702. The van der Waals surface area contributed by atoms with E-state index in [1.807, 2.05) is 42.2 Å². The van der Waals surface area contributed by atoms with E-state index in [1.165, 1.54) is 23.9 Å². The minimum absolute atomic E-state index is 0.0330. The molecular formula is C22H17FN2O3S2. The number of rotatable bonds is 3. The van der Waals surface area contributed by atoms with Crippen molar-refractivity contribution in [3.8, 4) is 6.07 Å². The summed E-state index contributed by atoms with van der Waals surface area (Å²) in [5.41, 5.74) is 1.23. The first-order valence-corrected chi connectivity index (χ1v) is 11.5. The van der Waals surface area contributed by atoms with Gasteiger partial charge in [0.2, 0.25) is 9.84 Å². The van der Waals surface area contributed by atoms with Crippen LogP contribution >= 0.6 is 11.8 Å². The molecular weight excluding hydrogens is 423 g/mol. The number of aliphatic hydroxyl groups excluding tert-OH is 1. The first kappa shape index (κ1) is 20.4. The van der Waals surface area contributed by atoms with Crippen LogP contribution in [-0.2, 0) is 9.84 Å². The number of allylic oxidation sites excluding steroid dienone is 4. The molecule has 2 aromatic rings. The third-order valence-corrected chi connectivity index (χ3v) is 8.03. The highest BCUT2D eigenvalue weighted by molar-refractivity contribution is 8.03. The zero-order valence-electron chi connectivity index (χ0n) is 15.9. The van der Waals surface area contributed by atoms with Crippen molar-refractivity contribution in [3.05, 3.63) is 87.6 Å². The zero-order chi connectivity index (χ0) is 21.5. The number of nitrogens with zero attached hydrogens (tertiary/aromatic N) is 2. The third-order valence-electron chi connectivity index (χ3n) is 4.92. The highest BCUT2D eigenvalue weighted by atomic mass is 32.2. The Bertz CT molecular complexity index is 1270. The van der Waals surface area contributed by atoms with Crippen LogP contribution in [0.4, 0.5) is 10.1 Å². The van der Waals surface area contributed by atoms with Crippen molar-refractivity contribution in [2.45, 2.75) is 22.8 Å². The predicted molar refractivity (Wildman–Crippen MR) is 114 cm³/mol. The fourth-order valence-electron chi connectivity index (χ4n) is 3.54. The molecule has 0 radical (unpaired) electrons. The van der Waals surface area contributed by atoms with Gasteiger partial charge in [0.1, 0.15) is 18.0 Å². The molecule has 1 N–H and O–H groups in total. The molecule has 0 saturated carbocycles. The van der Waals surface area contributed by atoms with Gasteiger partial charge in [0.15, 0.2) is 0 Å². The predicted octanol–water partition coefficient (Wildman–Crippen LogP) is 4.61. The monoisotopic (exact) mass is 440 g/mol. The summed E-state index contributed by atoms with van der Waals surface area (Å²) < 4.78 is 40.2. The molecule has 8 heteroatoms. The Balaban J connectivity index is 1.75. The summed E-state index contributed by atoms with van der Waals surface area (Å²) in [5, 5.41) is 20.6. The molecule has 0 aromatic heterocycles. The maximum atomic E-state index is 14.8. The van der Waals surface area contributed by atoms with Crippen molar-refractivity contribution >= 4 is 27.3 Å². The third kappa shape index (κ3) is 3.25. The first-order valence-electron chi connectivity index (χ1n) is 9.18. The average molecular weight is 441 g/mol. The van der Waals surface area contributed by atoms with Gasteiger partial charge in [-0.05, 0) is 37.3 Å². The van der Waals surface area contributed by atoms with Gasteiger partial charge in [-0.1, -0.05) is 42.1 Å². The van der Waals surface area contributed by atoms with Crippen molar-refractivity contribution in [2.24, 2.45) is 0 Å². The van der Waals surface area contributed by atoms with E-state index in [0.29, 0.717) is 11.6 Å². The summed E-state index contributed by atoms with van der Waals surface area (Å²) in [6.45, 7) is 2.52. The standard InChI is InChI=1S/C22H17FN2O3S2/c1-2-25-17-8-4-5-9-18(17)29-22(25)14(13-24)11-15(23)12-20-21(26)16-7-3-6-10-19(16)30(20,27)28/h3-12,21,26H,2H2,1H3. The van der Waals surface area contributed by atoms with Gasteiger partial charge >= 0.3 is 0 Å². The Morgan fingerprint density at radius 2 is 1.97 bits per heavy atom. The molecule has 0 bridgehead atoms. The van der Waals surface area contributed by atoms with E-state index in [9.17, 15) is 23.2 Å². The van der Waals surface area contributed by atoms with E-state index >= 15 is 0 Å². The number of nitriles is 1. The summed E-state index contributed by atoms with van der Waals surface area (Å²) in [4.78, 5) is 2.40. The van der Waals surface area contributed by atoms with Crippen LogP contribution in [0.15, 0.2) is 91.8 Å². The van der Waals surface area contributed by atoms with Gasteiger partial charge in [-0.3, -0.25) is 0 Å². The van der Waals surface area contributed by atoms with E-state index in [4.69, 9.17) is 0 Å². The van der Waals surface area contributed by atoms with Crippen molar-refractivity contribution in [3.63, 3.8) is 0 Å². The molecule has 0 aliphatic carbocycles. The van der Waals surface area contributed by atoms with Crippen molar-refractivity contribution in [1.82, 2.24) is 0 Å². The number of hydrogen-bond donors (Lipinski definition) is 1. The van der Waals surface area contributed by atoms with Gasteiger partial charge in [0.25, 0.3) is 0 Å². The van der Waals surface area contributed by atoms with Gasteiger partial charge in [-0.25, -0.2) is 12.8 Å². The van der Waals surface area contributed by atoms with E-state index in [1.54, 1.807) is 12.1 Å². The Labute approximate surface area is 178 Å². The second-order valence-electron chi connectivity index (χ2n) is 6.66. The molecule has 0 spiro atoms. The molecule has 0 fully saturated rings. The van der Waals surface area contributed by atoms with Gasteiger partial charge in [0, 0.05) is 17.0 Å². The lowest BCUT2D eigenvalue weighted by molar-refractivity contribution is 0.224. The summed E-state index contributed by atoms with van der Waals surface area (Å²) in [7, 11) is -4.00. The number of sulfone groups is 1. The van der Waals surface area contributed by atoms with Crippen molar-refractivity contribution < 1.29 is 17.9 Å². The van der Waals surface area contributed by atoms with E-state index in [-0.39, 0.29) is 16.0 Å². The molecule has 0 amide bonds. The number of thioether (sulfide) groups is 1. The minimum atomic E-state index is -4.00. The van der Waals surface area contributed by atoms with Crippen molar-refractivity contribution in [2.75, 3.05) is 11.4 Å². The molecule has 2 aromatic carbocycles. The van der Waals surface area contributed by atoms with E-state index in [0.717, 1.165) is 22.7 Å². The molecule has 2 aliphatic heterocycles. The fraction of sp³-hybridized carbons (Fsp3) is 0.136. The van der Waals surface area contributed by atoms with Gasteiger partial charge in [0.05, 0.1) is 26.1 Å². The topological polar surface area (TPSA) is 81.4 Å². The van der Waals surface area contributed by atoms with Crippen LogP contribution in [0.2, 0.25) is 0 Å². The molecule has 1 unspecified atom stereocenters. The SMILES string of the molecule is CCN1C(=C(C#N)C=C(F)C=C2C(O)c3ccccc3S2(=O)=O)Sc2ccccc21. The lowest BCUT2D eigenvalue weighted by atomic mass is 10.1. The van der Waals surface area contributed by atoms with Crippen molar-refractivity contribution in [1.29, 1.82) is 5.26 Å². The highest BCUT2D eigenvalue weighted by Crippen LogP contribution is 2.47. The van der Waals surface area contributed by atoms with Crippen LogP contribution < -0.4 is 4.90 Å². The number of anilines is 1. The summed E-state index contributed by atoms with van der Waals surface area (Å²) in [6.07, 6.45) is 0.358. The molecule has 2 aliphatic rings. The van der Waals surface area contributed by atoms with Crippen LogP contribution in [0.3, 0.4) is 0 Å². The van der Waals surface area contributed by atoms with Crippen LogP contribution in [0.1, 0.15) is 18.6 Å². The average Bonchev–Trinajstić information content (AvgIpc) is 3.21. The Kier molecular flexibility index (Phi) is 5.28. The summed E-state index contributed by atoms with van der Waals surface area (Å²) >= 11 is 1.36. The number of fused-ring (bicyclic) bond motifs is 2. The number of halogens is 1. The second-order valence-corrected chi connectivity index (χ2v) is 9.61. The number of hydrogen-bond acceptors (Lipinski definition) is 6. The molecule has 152 valence electrons. The number of aliphatic hydroxyl groups is 1. The Morgan fingerprint density at radius 3 is 2.67 bits per heavy atom. The maximum Gasteiger partial charge on any atom is 0.206 e. The van der Waals surface area contributed by atoms with Gasteiger partial charge < -0.3 is 10.0 Å². The molecule has 30 heavy (non-hydrogen) atoms. The van der Waals surface area contributed by atoms with Crippen LogP contribution in [0.25, 0.3) is 0 Å². The smallest absolute Gasteiger partial charge is 0.206 e. The largest absolute Gasteiger partial charge is 0.383 e. The van der Waals surface area contributed by atoms with E-state index < -0.39 is 26.7 Å². The minimum Gasteiger partial charge on any atom is -0.383 e. The molecule has 5 nitrogen and oxygen atoms in total. The Hall–Kier alpha value is -2.86. The maximum absolute atomic E-state index is 14.8. The molecule has 2 heterocycles. The lowest BCUT2D eigenvalue weighted by Gasteiger charge is -2.18. The Morgan fingerprint density at radius 1 is 1.27 bits per heavy atom. The number of benzene rings is 2. The molecule has 1 atom stereocenters. The van der Waals surface area contributed by atoms with Crippen LogP contribution in [0.5, 0.6) is 0 Å².